The number of esters is 1. The molecule has 0 aromatic rings. The van der Waals surface area contributed by atoms with Crippen molar-refractivity contribution < 1.29 is 19.4 Å². The van der Waals surface area contributed by atoms with Gasteiger partial charge < -0.3 is 14.6 Å². The first-order valence-electron chi connectivity index (χ1n) is 20.4. The zero-order chi connectivity index (χ0) is 34.9. The van der Waals surface area contributed by atoms with Crippen LogP contribution in [-0.2, 0) is 14.3 Å². The molecule has 0 aliphatic heterocycles. The summed E-state index contributed by atoms with van der Waals surface area (Å²) < 4.78 is 11.1. The summed E-state index contributed by atoms with van der Waals surface area (Å²) in [6.07, 6.45) is 54.2. The van der Waals surface area contributed by atoms with Crippen LogP contribution in [0, 0.1) is 0 Å². The van der Waals surface area contributed by atoms with Crippen molar-refractivity contribution in [2.24, 2.45) is 0 Å². The highest BCUT2D eigenvalue weighted by Crippen LogP contribution is 2.13. The Balaban J connectivity index is 3.43. The van der Waals surface area contributed by atoms with Crippen molar-refractivity contribution in [3.8, 4) is 0 Å². The maximum atomic E-state index is 12.1. The summed E-state index contributed by atoms with van der Waals surface area (Å²) in [5.74, 6) is -0.213. The summed E-state index contributed by atoms with van der Waals surface area (Å²) in [6.45, 7) is 5.19. The number of aliphatic hydroxyl groups excluding tert-OH is 1. The van der Waals surface area contributed by atoms with Gasteiger partial charge in [-0.25, -0.2) is 0 Å². The van der Waals surface area contributed by atoms with Gasteiger partial charge in [0.15, 0.2) is 0 Å². The Morgan fingerprint density at radius 2 is 0.938 bits per heavy atom. The number of unbranched alkanes of at least 4 members (excludes halogenated alkanes) is 19. The fourth-order valence-electron chi connectivity index (χ4n) is 5.55. The lowest BCUT2D eigenvalue weighted by Crippen LogP contribution is -2.27. The maximum absolute atomic E-state index is 12.1. The van der Waals surface area contributed by atoms with Gasteiger partial charge in [0.25, 0.3) is 0 Å². The third-order valence-electron chi connectivity index (χ3n) is 8.58. The molecule has 0 radical (unpaired) electrons. The molecule has 4 heteroatoms. The summed E-state index contributed by atoms with van der Waals surface area (Å²) in [4.78, 5) is 12.1. The van der Waals surface area contributed by atoms with E-state index in [1.807, 2.05) is 0 Å². The van der Waals surface area contributed by atoms with E-state index in [1.54, 1.807) is 0 Å². The fraction of sp³-hybridized carbons (Fsp3) is 0.750. The molecule has 1 unspecified atom stereocenters. The van der Waals surface area contributed by atoms with Gasteiger partial charge >= 0.3 is 5.97 Å². The zero-order valence-corrected chi connectivity index (χ0v) is 31.7. The second-order valence-electron chi connectivity index (χ2n) is 13.3. The first-order valence-corrected chi connectivity index (χ1v) is 20.4. The number of hydrogen-bond acceptors (Lipinski definition) is 4. The SMILES string of the molecule is CC/C=C\C/C=C\C/C=C\C/C=C\CCCCCCCCCCCCCOCC(CO)OC(=O)CCCCCCC/C=C\CCCCC. The number of carbonyl (C=O) groups excluding carboxylic acids is 1. The molecule has 0 rings (SSSR count). The quantitative estimate of drug-likeness (QED) is 0.0406. The lowest BCUT2D eigenvalue weighted by Gasteiger charge is -2.15. The highest BCUT2D eigenvalue weighted by Gasteiger charge is 2.13. The van der Waals surface area contributed by atoms with Crippen LogP contribution in [0.25, 0.3) is 0 Å². The number of ether oxygens (including phenoxy) is 2. The molecular formula is C44H78O4. The summed E-state index contributed by atoms with van der Waals surface area (Å²) in [5.41, 5.74) is 0. The van der Waals surface area contributed by atoms with Crippen LogP contribution in [-0.4, -0.2) is 37.0 Å². The van der Waals surface area contributed by atoms with Crippen molar-refractivity contribution in [1.29, 1.82) is 0 Å². The van der Waals surface area contributed by atoms with Gasteiger partial charge in [0, 0.05) is 13.0 Å². The van der Waals surface area contributed by atoms with E-state index in [1.165, 1.54) is 116 Å². The minimum absolute atomic E-state index is 0.178. The predicted octanol–water partition coefficient (Wildman–Crippen LogP) is 13.3. The van der Waals surface area contributed by atoms with Crippen LogP contribution in [0.15, 0.2) is 60.8 Å². The second-order valence-corrected chi connectivity index (χ2v) is 13.3. The van der Waals surface area contributed by atoms with E-state index in [4.69, 9.17) is 9.47 Å². The van der Waals surface area contributed by atoms with Gasteiger partial charge in [0.05, 0.1) is 13.2 Å². The van der Waals surface area contributed by atoms with E-state index in [0.29, 0.717) is 13.0 Å². The van der Waals surface area contributed by atoms with E-state index < -0.39 is 6.10 Å². The smallest absolute Gasteiger partial charge is 0.306 e. The van der Waals surface area contributed by atoms with E-state index in [9.17, 15) is 9.90 Å². The van der Waals surface area contributed by atoms with Gasteiger partial charge in [0.1, 0.15) is 6.10 Å². The third kappa shape index (κ3) is 38.5. The molecule has 0 aromatic carbocycles. The Morgan fingerprint density at radius 1 is 0.521 bits per heavy atom. The van der Waals surface area contributed by atoms with Crippen molar-refractivity contribution >= 4 is 5.97 Å². The number of rotatable bonds is 37. The summed E-state index contributed by atoms with van der Waals surface area (Å²) in [7, 11) is 0. The molecule has 0 saturated carbocycles. The molecule has 0 saturated heterocycles. The molecule has 0 aromatic heterocycles. The topological polar surface area (TPSA) is 55.8 Å². The van der Waals surface area contributed by atoms with Crippen LogP contribution in [0.1, 0.15) is 187 Å². The molecular weight excluding hydrogens is 592 g/mol. The van der Waals surface area contributed by atoms with E-state index >= 15 is 0 Å². The lowest BCUT2D eigenvalue weighted by molar-refractivity contribution is -0.154. The highest BCUT2D eigenvalue weighted by atomic mass is 16.6. The van der Waals surface area contributed by atoms with Crippen LogP contribution in [0.5, 0.6) is 0 Å². The third-order valence-corrected chi connectivity index (χ3v) is 8.58. The van der Waals surface area contributed by atoms with Crippen molar-refractivity contribution in [1.82, 2.24) is 0 Å². The zero-order valence-electron chi connectivity index (χ0n) is 31.7. The summed E-state index contributed by atoms with van der Waals surface area (Å²) in [5, 5.41) is 9.57. The fourth-order valence-corrected chi connectivity index (χ4v) is 5.55. The Morgan fingerprint density at radius 3 is 1.44 bits per heavy atom. The van der Waals surface area contributed by atoms with Crippen LogP contribution in [0.2, 0.25) is 0 Å². The molecule has 0 amide bonds. The minimum Gasteiger partial charge on any atom is -0.457 e. The van der Waals surface area contributed by atoms with Crippen molar-refractivity contribution in [2.75, 3.05) is 19.8 Å². The van der Waals surface area contributed by atoms with Crippen LogP contribution >= 0.6 is 0 Å². The van der Waals surface area contributed by atoms with Crippen molar-refractivity contribution in [3.63, 3.8) is 0 Å². The normalized spacial score (nSPS) is 13.0. The van der Waals surface area contributed by atoms with Gasteiger partial charge in [-0.05, 0) is 77.0 Å². The summed E-state index contributed by atoms with van der Waals surface area (Å²) in [6, 6.07) is 0. The highest BCUT2D eigenvalue weighted by molar-refractivity contribution is 5.69. The van der Waals surface area contributed by atoms with Gasteiger partial charge in [-0.3, -0.25) is 4.79 Å². The molecule has 4 nitrogen and oxygen atoms in total. The Kier molecular flexibility index (Phi) is 39.6. The average Bonchev–Trinajstić information content (AvgIpc) is 3.09. The molecule has 0 spiro atoms. The number of hydrogen-bond donors (Lipinski definition) is 1. The van der Waals surface area contributed by atoms with Crippen molar-refractivity contribution in [3.05, 3.63) is 60.8 Å². The Hall–Kier alpha value is -1.91. The number of aliphatic hydroxyl groups is 1. The first-order chi connectivity index (χ1) is 23.7. The van der Waals surface area contributed by atoms with Crippen LogP contribution in [0.3, 0.4) is 0 Å². The Labute approximate surface area is 298 Å². The first kappa shape index (κ1) is 46.1. The molecule has 0 fully saturated rings. The molecule has 1 atom stereocenters. The predicted molar refractivity (Wildman–Crippen MR) is 209 cm³/mol. The molecule has 0 bridgehead atoms. The van der Waals surface area contributed by atoms with E-state index in [0.717, 1.165) is 51.4 Å². The molecule has 0 aliphatic carbocycles. The molecule has 48 heavy (non-hydrogen) atoms. The second kappa shape index (κ2) is 41.3. The molecule has 0 aliphatic rings. The van der Waals surface area contributed by atoms with E-state index in [2.05, 4.69) is 74.6 Å². The molecule has 278 valence electrons. The standard InChI is InChI=1S/C44H78O4/c1-3-5-7-9-11-13-15-17-18-19-20-21-22-23-24-25-26-27-28-30-32-34-36-38-40-47-42-43(41-45)48-44(46)39-37-35-33-31-29-16-14-12-10-8-6-4-2/h5,7,11-14,17-18,20-21,43,45H,3-4,6,8-10,15-16,19,22-42H2,1-2H3/b7-5-,13-11-,14-12-,18-17-,21-20-. The molecule has 1 N–H and O–H groups in total. The number of allylic oxidation sites excluding steroid dienone is 10. The monoisotopic (exact) mass is 671 g/mol. The summed E-state index contributed by atoms with van der Waals surface area (Å²) >= 11 is 0. The van der Waals surface area contributed by atoms with Crippen LogP contribution in [0.4, 0.5) is 0 Å². The largest absolute Gasteiger partial charge is 0.457 e. The van der Waals surface area contributed by atoms with Gasteiger partial charge in [-0.1, -0.05) is 164 Å². The lowest BCUT2D eigenvalue weighted by atomic mass is 10.1. The van der Waals surface area contributed by atoms with Crippen LogP contribution < -0.4 is 0 Å². The van der Waals surface area contributed by atoms with Gasteiger partial charge in [-0.2, -0.15) is 0 Å². The minimum atomic E-state index is -0.540. The van der Waals surface area contributed by atoms with Gasteiger partial charge in [-0.15, -0.1) is 0 Å². The van der Waals surface area contributed by atoms with E-state index in [-0.39, 0.29) is 19.2 Å². The maximum Gasteiger partial charge on any atom is 0.306 e. The molecule has 0 heterocycles. The number of carbonyl (C=O) groups is 1. The Bertz CT molecular complexity index is 794. The van der Waals surface area contributed by atoms with Gasteiger partial charge in [0.2, 0.25) is 0 Å². The average molecular weight is 671 g/mol. The van der Waals surface area contributed by atoms with Crippen molar-refractivity contribution in [2.45, 2.75) is 193 Å².